The molecular weight excluding hydrogens is 290 g/mol. The van der Waals surface area contributed by atoms with Crippen molar-refractivity contribution in [1.82, 2.24) is 9.78 Å². The molecule has 0 aliphatic rings. The van der Waals surface area contributed by atoms with Crippen LogP contribution in [-0.4, -0.2) is 18.2 Å². The number of nitrogens with two attached hydrogens (primary N) is 1. The van der Waals surface area contributed by atoms with Gasteiger partial charge in [-0.25, -0.2) is 17.2 Å². The maximum Gasteiger partial charge on any atom is 0.267 e. The summed E-state index contributed by atoms with van der Waals surface area (Å²) in [6.45, 7) is 1.52. The molecule has 0 saturated heterocycles. The molecule has 0 unspecified atom stereocenters. The molecule has 6 nitrogen and oxygen atoms in total. The first-order chi connectivity index (χ1) is 9.20. The van der Waals surface area contributed by atoms with Crippen LogP contribution in [0.1, 0.15) is 5.69 Å². The van der Waals surface area contributed by atoms with Crippen molar-refractivity contribution in [2.75, 3.05) is 10.5 Å². The topological polar surface area (TPSA) is 90.0 Å². The number of nitrogens with one attached hydrogen (secondary N) is 1. The molecule has 108 valence electrons. The minimum atomic E-state index is -4.08. The van der Waals surface area contributed by atoms with Crippen LogP contribution >= 0.6 is 0 Å². The van der Waals surface area contributed by atoms with E-state index < -0.39 is 21.7 Å². The van der Waals surface area contributed by atoms with Crippen molar-refractivity contribution in [3.63, 3.8) is 0 Å². The van der Waals surface area contributed by atoms with Crippen molar-refractivity contribution in [2.24, 2.45) is 7.05 Å². The summed E-state index contributed by atoms with van der Waals surface area (Å²) in [4.78, 5) is -0.218. The fraction of sp³-hybridized carbons (Fsp3) is 0.182. The Kier molecular flexibility index (Phi) is 3.38. The highest BCUT2D eigenvalue weighted by atomic mass is 32.2. The molecule has 0 radical (unpaired) electrons. The molecule has 0 aliphatic heterocycles. The van der Waals surface area contributed by atoms with E-state index in [1.807, 2.05) is 0 Å². The second kappa shape index (κ2) is 4.75. The number of sulfonamides is 1. The van der Waals surface area contributed by atoms with E-state index in [1.54, 1.807) is 0 Å². The SMILES string of the molecule is Cc1c(S(=O)(=O)Nc2cc(F)cc(F)c2)c(N)nn1C. The molecule has 0 saturated carbocycles. The van der Waals surface area contributed by atoms with Crippen molar-refractivity contribution >= 4 is 21.5 Å². The lowest BCUT2D eigenvalue weighted by molar-refractivity contribution is 0.584. The molecule has 2 aromatic rings. The van der Waals surface area contributed by atoms with Gasteiger partial charge in [0.15, 0.2) is 10.7 Å². The maximum absolute atomic E-state index is 13.1. The number of aryl methyl sites for hydroxylation is 1. The molecule has 2 rings (SSSR count). The molecule has 0 bridgehead atoms. The molecule has 0 spiro atoms. The predicted molar refractivity (Wildman–Crippen MR) is 69.5 cm³/mol. The molecule has 1 aromatic heterocycles. The van der Waals surface area contributed by atoms with Gasteiger partial charge in [-0.05, 0) is 19.1 Å². The van der Waals surface area contributed by atoms with Gasteiger partial charge in [0.25, 0.3) is 10.0 Å². The fourth-order valence-corrected chi connectivity index (χ4v) is 3.13. The molecule has 1 aromatic carbocycles. The van der Waals surface area contributed by atoms with E-state index in [4.69, 9.17) is 5.73 Å². The zero-order valence-electron chi connectivity index (χ0n) is 10.7. The Morgan fingerprint density at radius 2 is 1.80 bits per heavy atom. The van der Waals surface area contributed by atoms with Crippen LogP contribution in [0.15, 0.2) is 23.1 Å². The Bertz CT molecular complexity index is 751. The highest BCUT2D eigenvalue weighted by Gasteiger charge is 2.25. The van der Waals surface area contributed by atoms with Gasteiger partial charge in [0, 0.05) is 13.1 Å². The van der Waals surface area contributed by atoms with E-state index in [9.17, 15) is 17.2 Å². The van der Waals surface area contributed by atoms with Gasteiger partial charge in [0.05, 0.1) is 11.4 Å². The lowest BCUT2D eigenvalue weighted by Crippen LogP contribution is -2.15. The average molecular weight is 302 g/mol. The van der Waals surface area contributed by atoms with E-state index in [1.165, 1.54) is 18.7 Å². The lowest BCUT2D eigenvalue weighted by Gasteiger charge is -2.08. The van der Waals surface area contributed by atoms with E-state index >= 15 is 0 Å². The number of aromatic nitrogens is 2. The molecule has 3 N–H and O–H groups in total. The molecule has 1 heterocycles. The molecule has 0 aliphatic carbocycles. The van der Waals surface area contributed by atoms with Gasteiger partial charge in [-0.15, -0.1) is 0 Å². The van der Waals surface area contributed by atoms with Gasteiger partial charge >= 0.3 is 0 Å². The standard InChI is InChI=1S/C11H12F2N4O2S/c1-6-10(11(14)15-17(6)2)20(18,19)16-9-4-7(12)3-8(13)5-9/h3-5,16H,1-2H3,(H2,14,15). The number of hydrogen-bond donors (Lipinski definition) is 2. The first-order valence-electron chi connectivity index (χ1n) is 5.48. The first-order valence-corrected chi connectivity index (χ1v) is 6.97. The Labute approximate surface area is 114 Å². The Morgan fingerprint density at radius 3 is 2.25 bits per heavy atom. The maximum atomic E-state index is 13.1. The normalized spacial score (nSPS) is 11.6. The Balaban J connectivity index is 2.46. The third-order valence-corrected chi connectivity index (χ3v) is 4.23. The van der Waals surface area contributed by atoms with Crippen molar-refractivity contribution in [3.05, 3.63) is 35.5 Å². The molecule has 0 fully saturated rings. The largest absolute Gasteiger partial charge is 0.381 e. The number of nitrogens with zero attached hydrogens (tertiary/aromatic N) is 2. The van der Waals surface area contributed by atoms with E-state index in [-0.39, 0.29) is 16.4 Å². The summed E-state index contributed by atoms with van der Waals surface area (Å²) in [5.74, 6) is -1.97. The predicted octanol–water partition coefficient (Wildman–Crippen LogP) is 1.39. The van der Waals surface area contributed by atoms with Crippen molar-refractivity contribution in [2.45, 2.75) is 11.8 Å². The number of hydrogen-bond acceptors (Lipinski definition) is 4. The summed E-state index contributed by atoms with van der Waals surface area (Å²) >= 11 is 0. The van der Waals surface area contributed by atoms with Crippen LogP contribution in [0.3, 0.4) is 0 Å². The van der Waals surface area contributed by atoms with Crippen LogP contribution < -0.4 is 10.5 Å². The summed E-state index contributed by atoms with van der Waals surface area (Å²) in [5.41, 5.74) is 5.62. The zero-order chi connectivity index (χ0) is 15.1. The van der Waals surface area contributed by atoms with Crippen LogP contribution in [-0.2, 0) is 17.1 Å². The first kappa shape index (κ1) is 14.3. The van der Waals surface area contributed by atoms with Gasteiger partial charge in [-0.2, -0.15) is 5.10 Å². The number of rotatable bonds is 3. The average Bonchev–Trinajstić information content (AvgIpc) is 2.50. The third-order valence-electron chi connectivity index (χ3n) is 2.69. The smallest absolute Gasteiger partial charge is 0.267 e. The van der Waals surface area contributed by atoms with Gasteiger partial charge < -0.3 is 5.73 Å². The number of benzene rings is 1. The Hall–Kier alpha value is -2.16. The number of nitrogen functional groups attached to an aromatic ring is 1. The van der Waals surface area contributed by atoms with Crippen LogP contribution in [0, 0.1) is 18.6 Å². The summed E-state index contributed by atoms with van der Waals surface area (Å²) in [7, 11) is -2.54. The highest BCUT2D eigenvalue weighted by molar-refractivity contribution is 7.93. The van der Waals surface area contributed by atoms with Crippen LogP contribution in [0.25, 0.3) is 0 Å². The molecule has 9 heteroatoms. The highest BCUT2D eigenvalue weighted by Crippen LogP contribution is 2.24. The number of halogens is 2. The van der Waals surface area contributed by atoms with Gasteiger partial charge in [0.1, 0.15) is 11.6 Å². The number of anilines is 2. The Morgan fingerprint density at radius 1 is 1.25 bits per heavy atom. The second-order valence-corrected chi connectivity index (χ2v) is 5.81. The second-order valence-electron chi connectivity index (χ2n) is 4.19. The van der Waals surface area contributed by atoms with E-state index in [0.29, 0.717) is 11.8 Å². The van der Waals surface area contributed by atoms with Crippen molar-refractivity contribution in [3.8, 4) is 0 Å². The molecule has 0 atom stereocenters. The van der Waals surface area contributed by atoms with Gasteiger partial charge in [-0.1, -0.05) is 0 Å². The molecular formula is C11H12F2N4O2S. The van der Waals surface area contributed by atoms with Crippen molar-refractivity contribution < 1.29 is 17.2 Å². The van der Waals surface area contributed by atoms with Gasteiger partial charge in [0.2, 0.25) is 0 Å². The van der Waals surface area contributed by atoms with E-state index in [0.717, 1.165) is 12.1 Å². The third kappa shape index (κ3) is 2.57. The quantitative estimate of drug-likeness (QED) is 0.896. The van der Waals surface area contributed by atoms with Crippen molar-refractivity contribution in [1.29, 1.82) is 0 Å². The fourth-order valence-electron chi connectivity index (χ4n) is 1.77. The van der Waals surface area contributed by atoms with Gasteiger partial charge in [-0.3, -0.25) is 9.40 Å². The van der Waals surface area contributed by atoms with Crippen LogP contribution in [0.2, 0.25) is 0 Å². The summed E-state index contributed by atoms with van der Waals surface area (Å²) in [6.07, 6.45) is 0. The lowest BCUT2D eigenvalue weighted by atomic mass is 10.3. The minimum absolute atomic E-state index is 0.186. The minimum Gasteiger partial charge on any atom is -0.381 e. The summed E-state index contributed by atoms with van der Waals surface area (Å²) in [6, 6.07) is 2.37. The monoisotopic (exact) mass is 302 g/mol. The van der Waals surface area contributed by atoms with E-state index in [2.05, 4.69) is 9.82 Å². The van der Waals surface area contributed by atoms with Crippen LogP contribution in [0.4, 0.5) is 20.3 Å². The van der Waals surface area contributed by atoms with Crippen LogP contribution in [0.5, 0.6) is 0 Å². The molecule has 0 amide bonds. The zero-order valence-corrected chi connectivity index (χ0v) is 11.5. The summed E-state index contributed by atoms with van der Waals surface area (Å²) < 4.78 is 53.9. The molecule has 20 heavy (non-hydrogen) atoms. The summed E-state index contributed by atoms with van der Waals surface area (Å²) in [5, 5.41) is 3.78.